The van der Waals surface area contributed by atoms with Crippen LogP contribution in [0.5, 0.6) is 0 Å². The fourth-order valence-corrected chi connectivity index (χ4v) is 3.92. The lowest BCUT2D eigenvalue weighted by Crippen LogP contribution is -2.61. The Morgan fingerprint density at radius 3 is 2.76 bits per heavy atom. The van der Waals surface area contributed by atoms with Gasteiger partial charge in [0.05, 0.1) is 0 Å². The van der Waals surface area contributed by atoms with E-state index >= 15 is 0 Å². The molecule has 0 aromatic rings. The Labute approximate surface area is 108 Å². The number of nitrogens with zero attached hydrogens (tertiary/aromatic N) is 1. The van der Waals surface area contributed by atoms with Crippen molar-refractivity contribution in [3.63, 3.8) is 0 Å². The summed E-state index contributed by atoms with van der Waals surface area (Å²) in [5.74, 6) is 1.66. The second-order valence-corrected chi connectivity index (χ2v) is 7.34. The molecule has 2 rings (SSSR count). The first-order chi connectivity index (χ1) is 8.24. The fraction of sp³-hybridized carbons (Fsp3) is 1.00. The molecule has 2 fully saturated rings. The minimum Gasteiger partial charge on any atom is -0.309 e. The normalized spacial score (nSPS) is 27.1. The highest BCUT2D eigenvalue weighted by Crippen LogP contribution is 2.30. The highest BCUT2D eigenvalue weighted by atomic mass is 32.2. The first-order valence-electron chi connectivity index (χ1n) is 7.06. The summed E-state index contributed by atoms with van der Waals surface area (Å²) in [4.78, 5) is 2.52. The second kappa shape index (κ2) is 6.30. The Balaban J connectivity index is 1.81. The molecule has 1 heterocycles. The highest BCUT2D eigenvalue weighted by Gasteiger charge is 2.35. The van der Waals surface area contributed by atoms with Crippen molar-refractivity contribution in [2.75, 3.05) is 37.7 Å². The number of nitrogens with one attached hydrogen (secondary N) is 1. The van der Waals surface area contributed by atoms with Gasteiger partial charge >= 0.3 is 0 Å². The summed E-state index contributed by atoms with van der Waals surface area (Å²) in [5, 5.41) is 3.75. The number of hydrogen-bond acceptors (Lipinski definition) is 3. The predicted octanol–water partition coefficient (Wildman–Crippen LogP) is 1.36. The second-order valence-electron chi connectivity index (χ2n) is 5.48. The van der Waals surface area contributed by atoms with Crippen LogP contribution in [0.25, 0.3) is 0 Å². The van der Waals surface area contributed by atoms with E-state index in [9.17, 15) is 4.21 Å². The molecule has 1 unspecified atom stereocenters. The van der Waals surface area contributed by atoms with Crippen molar-refractivity contribution in [2.24, 2.45) is 0 Å². The molecule has 1 aliphatic carbocycles. The molecule has 1 saturated heterocycles. The summed E-state index contributed by atoms with van der Waals surface area (Å²) in [6, 6.07) is 0. The van der Waals surface area contributed by atoms with E-state index in [0.717, 1.165) is 31.1 Å². The Kier molecular flexibility index (Phi) is 5.00. The van der Waals surface area contributed by atoms with Crippen LogP contribution in [0.3, 0.4) is 0 Å². The van der Waals surface area contributed by atoms with Gasteiger partial charge in [-0.1, -0.05) is 26.2 Å². The third-order valence-corrected chi connectivity index (χ3v) is 5.50. The van der Waals surface area contributed by atoms with Gasteiger partial charge in [-0.15, -0.1) is 0 Å². The van der Waals surface area contributed by atoms with E-state index in [0.29, 0.717) is 5.54 Å². The summed E-state index contributed by atoms with van der Waals surface area (Å²) >= 11 is 0. The maximum absolute atomic E-state index is 11.5. The summed E-state index contributed by atoms with van der Waals surface area (Å²) in [6.45, 7) is 6.44. The fourth-order valence-electron chi connectivity index (χ4n) is 3.17. The smallest absolute Gasteiger partial charge is 0.0362 e. The molecule has 1 saturated carbocycles. The Hall–Kier alpha value is 0.0700. The van der Waals surface area contributed by atoms with Crippen LogP contribution < -0.4 is 5.32 Å². The van der Waals surface area contributed by atoms with Crippen molar-refractivity contribution in [3.8, 4) is 0 Å². The van der Waals surface area contributed by atoms with Crippen LogP contribution >= 0.6 is 0 Å². The van der Waals surface area contributed by atoms with Gasteiger partial charge in [-0.25, -0.2) is 0 Å². The monoisotopic (exact) mass is 258 g/mol. The first-order valence-corrected chi connectivity index (χ1v) is 8.55. The zero-order valence-electron chi connectivity index (χ0n) is 11.0. The third-order valence-electron chi connectivity index (χ3n) is 4.22. The SMILES string of the molecule is CCS(=O)CCN1CCNC2(CCCCC2)C1. The molecular weight excluding hydrogens is 232 g/mol. The van der Waals surface area contributed by atoms with Crippen molar-refractivity contribution in [1.82, 2.24) is 10.2 Å². The molecule has 3 nitrogen and oxygen atoms in total. The van der Waals surface area contributed by atoms with Gasteiger partial charge in [-0.2, -0.15) is 0 Å². The molecule has 0 aromatic carbocycles. The van der Waals surface area contributed by atoms with Crippen molar-refractivity contribution < 1.29 is 4.21 Å². The van der Waals surface area contributed by atoms with Gasteiger partial charge in [0.1, 0.15) is 0 Å². The van der Waals surface area contributed by atoms with Crippen LogP contribution in [0, 0.1) is 0 Å². The Morgan fingerprint density at radius 1 is 1.29 bits per heavy atom. The number of piperazine rings is 1. The van der Waals surface area contributed by atoms with Crippen LogP contribution in [0.4, 0.5) is 0 Å². The maximum Gasteiger partial charge on any atom is 0.0362 e. The third kappa shape index (κ3) is 3.76. The van der Waals surface area contributed by atoms with Gasteiger partial charge in [0.15, 0.2) is 0 Å². The van der Waals surface area contributed by atoms with Crippen LogP contribution in [0.1, 0.15) is 39.0 Å². The summed E-state index contributed by atoms with van der Waals surface area (Å²) in [7, 11) is -0.607. The lowest BCUT2D eigenvalue weighted by Gasteiger charge is -2.46. The lowest BCUT2D eigenvalue weighted by molar-refractivity contribution is 0.104. The van der Waals surface area contributed by atoms with Gasteiger partial charge in [-0.05, 0) is 12.8 Å². The van der Waals surface area contributed by atoms with E-state index in [1.807, 2.05) is 6.92 Å². The standard InChI is InChI=1S/C13H26N2OS/c1-2-17(16)11-10-15-9-8-14-13(12-15)6-4-3-5-7-13/h14H,2-12H2,1H3. The summed E-state index contributed by atoms with van der Waals surface area (Å²) in [6.07, 6.45) is 6.83. The van der Waals surface area contributed by atoms with Crippen molar-refractivity contribution in [3.05, 3.63) is 0 Å². The van der Waals surface area contributed by atoms with Crippen molar-refractivity contribution in [1.29, 1.82) is 0 Å². The maximum atomic E-state index is 11.5. The molecular formula is C13H26N2OS. The summed E-state index contributed by atoms with van der Waals surface area (Å²) < 4.78 is 11.5. The summed E-state index contributed by atoms with van der Waals surface area (Å²) in [5.41, 5.74) is 0.393. The first kappa shape index (κ1) is 13.5. The Bertz CT molecular complexity index is 259. The number of hydrogen-bond donors (Lipinski definition) is 1. The topological polar surface area (TPSA) is 32.3 Å². The minimum absolute atomic E-state index is 0.393. The van der Waals surface area contributed by atoms with Crippen LogP contribution in [-0.4, -0.2) is 52.3 Å². The van der Waals surface area contributed by atoms with Gasteiger partial charge in [-0.3, -0.25) is 9.11 Å². The van der Waals surface area contributed by atoms with E-state index in [1.165, 1.54) is 38.6 Å². The molecule has 1 spiro atoms. The molecule has 17 heavy (non-hydrogen) atoms. The molecule has 4 heteroatoms. The molecule has 1 atom stereocenters. The van der Waals surface area contributed by atoms with Crippen molar-refractivity contribution >= 4 is 10.8 Å². The highest BCUT2D eigenvalue weighted by molar-refractivity contribution is 7.84. The average molecular weight is 258 g/mol. The van der Waals surface area contributed by atoms with E-state index in [2.05, 4.69) is 10.2 Å². The van der Waals surface area contributed by atoms with E-state index in [4.69, 9.17) is 0 Å². The zero-order chi connectivity index (χ0) is 12.1. The lowest BCUT2D eigenvalue weighted by atomic mass is 9.80. The van der Waals surface area contributed by atoms with Gasteiger partial charge < -0.3 is 5.32 Å². The van der Waals surface area contributed by atoms with E-state index in [-0.39, 0.29) is 0 Å². The molecule has 0 radical (unpaired) electrons. The van der Waals surface area contributed by atoms with Crippen LogP contribution in [0.2, 0.25) is 0 Å². The zero-order valence-corrected chi connectivity index (χ0v) is 11.9. The number of rotatable bonds is 4. The molecule has 0 bridgehead atoms. The average Bonchev–Trinajstić information content (AvgIpc) is 2.37. The van der Waals surface area contributed by atoms with Crippen molar-refractivity contribution in [2.45, 2.75) is 44.6 Å². The van der Waals surface area contributed by atoms with E-state index in [1.54, 1.807) is 0 Å². The minimum atomic E-state index is -0.607. The van der Waals surface area contributed by atoms with Gasteiger partial charge in [0.2, 0.25) is 0 Å². The van der Waals surface area contributed by atoms with Crippen LogP contribution in [-0.2, 0) is 10.8 Å². The Morgan fingerprint density at radius 2 is 2.06 bits per heavy atom. The van der Waals surface area contributed by atoms with Gasteiger partial charge in [0, 0.05) is 54.0 Å². The largest absolute Gasteiger partial charge is 0.309 e. The molecule has 100 valence electrons. The van der Waals surface area contributed by atoms with Gasteiger partial charge in [0.25, 0.3) is 0 Å². The molecule has 1 N–H and O–H groups in total. The molecule has 1 aliphatic heterocycles. The van der Waals surface area contributed by atoms with Crippen LogP contribution in [0.15, 0.2) is 0 Å². The predicted molar refractivity (Wildman–Crippen MR) is 73.8 cm³/mol. The molecule has 2 aliphatic rings. The van der Waals surface area contributed by atoms with E-state index < -0.39 is 10.8 Å². The molecule has 0 amide bonds. The quantitative estimate of drug-likeness (QED) is 0.826. The molecule has 0 aromatic heterocycles.